The van der Waals surface area contributed by atoms with E-state index in [0.717, 1.165) is 0 Å². The van der Waals surface area contributed by atoms with E-state index in [-0.39, 0.29) is 11.4 Å². The minimum atomic E-state index is -0.808. The number of nitro groups is 1. The fourth-order valence-electron chi connectivity index (χ4n) is 2.65. The van der Waals surface area contributed by atoms with Crippen molar-refractivity contribution in [3.05, 3.63) is 76.0 Å². The molecule has 1 aromatic heterocycles. The lowest BCUT2D eigenvalue weighted by Crippen LogP contribution is -2.14. The van der Waals surface area contributed by atoms with Gasteiger partial charge in [-0.1, -0.05) is 0 Å². The second-order valence-corrected chi connectivity index (χ2v) is 6.04. The lowest BCUT2D eigenvalue weighted by molar-refractivity contribution is -0.384. The molecule has 0 unspecified atom stereocenters. The highest BCUT2D eigenvalue weighted by atomic mass is 16.6. The van der Waals surface area contributed by atoms with Crippen molar-refractivity contribution in [1.82, 2.24) is 0 Å². The van der Waals surface area contributed by atoms with Crippen molar-refractivity contribution in [3.8, 4) is 22.8 Å². The molecule has 0 aliphatic heterocycles. The van der Waals surface area contributed by atoms with Crippen LogP contribution in [0.1, 0.15) is 20.9 Å². The van der Waals surface area contributed by atoms with E-state index in [0.29, 0.717) is 28.4 Å². The molecular weight excluding hydrogens is 394 g/mol. The zero-order valence-electron chi connectivity index (χ0n) is 16.1. The van der Waals surface area contributed by atoms with Crippen molar-refractivity contribution in [3.63, 3.8) is 0 Å². The summed E-state index contributed by atoms with van der Waals surface area (Å²) in [5, 5.41) is 10.7. The van der Waals surface area contributed by atoms with Gasteiger partial charge in [0.15, 0.2) is 23.9 Å². The molecule has 3 aromatic rings. The number of carbonyl (C=O) groups is 2. The van der Waals surface area contributed by atoms with Gasteiger partial charge in [-0.3, -0.25) is 14.9 Å². The summed E-state index contributed by atoms with van der Waals surface area (Å²) < 4.78 is 20.7. The first-order chi connectivity index (χ1) is 14.4. The van der Waals surface area contributed by atoms with Crippen molar-refractivity contribution >= 4 is 17.4 Å². The number of rotatable bonds is 8. The predicted molar refractivity (Wildman–Crippen MR) is 105 cm³/mol. The molecule has 0 atom stereocenters. The maximum Gasteiger partial charge on any atom is 0.374 e. The standard InChI is InChI=1S/C21H17NO8/c1-27-18-8-5-14(11-20(18)28-2)16(23)12-29-21(24)19-10-9-17(30-19)13-3-6-15(7-4-13)22(25)26/h3-11H,12H2,1-2H3. The third-order valence-electron chi connectivity index (χ3n) is 4.21. The van der Waals surface area contributed by atoms with Crippen molar-refractivity contribution in [1.29, 1.82) is 0 Å². The van der Waals surface area contributed by atoms with Crippen LogP contribution in [0.4, 0.5) is 5.69 Å². The van der Waals surface area contributed by atoms with Gasteiger partial charge < -0.3 is 18.6 Å². The summed E-state index contributed by atoms with van der Waals surface area (Å²) in [6, 6.07) is 13.2. The Balaban J connectivity index is 1.64. The van der Waals surface area contributed by atoms with E-state index in [9.17, 15) is 19.7 Å². The Morgan fingerprint density at radius 2 is 1.67 bits per heavy atom. The fourth-order valence-corrected chi connectivity index (χ4v) is 2.65. The van der Waals surface area contributed by atoms with Crippen LogP contribution >= 0.6 is 0 Å². The molecule has 0 aliphatic carbocycles. The lowest BCUT2D eigenvalue weighted by atomic mass is 10.1. The number of hydrogen-bond donors (Lipinski definition) is 0. The number of ether oxygens (including phenoxy) is 3. The largest absolute Gasteiger partial charge is 0.493 e. The molecule has 154 valence electrons. The highest BCUT2D eigenvalue weighted by molar-refractivity contribution is 5.99. The van der Waals surface area contributed by atoms with E-state index in [2.05, 4.69) is 0 Å². The summed E-state index contributed by atoms with van der Waals surface area (Å²) in [7, 11) is 2.93. The first-order valence-corrected chi connectivity index (χ1v) is 8.70. The number of esters is 1. The van der Waals surface area contributed by atoms with Crippen LogP contribution in [0.5, 0.6) is 11.5 Å². The summed E-state index contributed by atoms with van der Waals surface area (Å²) in [6.07, 6.45) is 0. The summed E-state index contributed by atoms with van der Waals surface area (Å²) >= 11 is 0. The van der Waals surface area contributed by atoms with Crippen LogP contribution in [-0.2, 0) is 4.74 Å². The molecule has 0 saturated heterocycles. The van der Waals surface area contributed by atoms with Gasteiger partial charge in [0.05, 0.1) is 19.1 Å². The molecule has 0 N–H and O–H groups in total. The number of nitrogens with zero attached hydrogens (tertiary/aromatic N) is 1. The summed E-state index contributed by atoms with van der Waals surface area (Å²) in [6.45, 7) is -0.484. The number of carbonyl (C=O) groups excluding carboxylic acids is 2. The van der Waals surface area contributed by atoms with Gasteiger partial charge in [0.1, 0.15) is 5.76 Å². The zero-order valence-corrected chi connectivity index (χ0v) is 16.1. The smallest absolute Gasteiger partial charge is 0.374 e. The molecule has 9 nitrogen and oxygen atoms in total. The molecule has 0 bridgehead atoms. The Morgan fingerprint density at radius 1 is 0.967 bits per heavy atom. The quantitative estimate of drug-likeness (QED) is 0.237. The van der Waals surface area contributed by atoms with Crippen molar-refractivity contribution in [2.24, 2.45) is 0 Å². The van der Waals surface area contributed by atoms with E-state index in [1.807, 2.05) is 0 Å². The topological polar surface area (TPSA) is 118 Å². The molecule has 0 fully saturated rings. The minimum absolute atomic E-state index is 0.0568. The third kappa shape index (κ3) is 4.46. The Kier molecular flexibility index (Phi) is 6.11. The molecule has 0 radical (unpaired) electrons. The first-order valence-electron chi connectivity index (χ1n) is 8.70. The van der Waals surface area contributed by atoms with Crippen LogP contribution in [0.3, 0.4) is 0 Å². The van der Waals surface area contributed by atoms with Gasteiger partial charge in [-0.15, -0.1) is 0 Å². The van der Waals surface area contributed by atoms with E-state index in [1.54, 1.807) is 6.07 Å². The van der Waals surface area contributed by atoms with Gasteiger partial charge in [-0.2, -0.15) is 0 Å². The molecular formula is C21H17NO8. The van der Waals surface area contributed by atoms with Crippen LogP contribution in [0, 0.1) is 10.1 Å². The fraction of sp³-hybridized carbons (Fsp3) is 0.143. The SMILES string of the molecule is COc1ccc(C(=O)COC(=O)c2ccc(-c3ccc([N+](=O)[O-])cc3)o2)cc1OC. The van der Waals surface area contributed by atoms with Crippen molar-refractivity contribution in [2.75, 3.05) is 20.8 Å². The molecule has 0 amide bonds. The van der Waals surface area contributed by atoms with Gasteiger partial charge >= 0.3 is 5.97 Å². The van der Waals surface area contributed by atoms with E-state index >= 15 is 0 Å². The Bertz CT molecular complexity index is 1080. The average molecular weight is 411 g/mol. The number of furan rings is 1. The van der Waals surface area contributed by atoms with Crippen molar-refractivity contribution in [2.45, 2.75) is 0 Å². The second kappa shape index (κ2) is 8.91. The minimum Gasteiger partial charge on any atom is -0.493 e. The number of benzene rings is 2. The van der Waals surface area contributed by atoms with Crippen LogP contribution < -0.4 is 9.47 Å². The molecule has 0 spiro atoms. The number of hydrogen-bond acceptors (Lipinski definition) is 8. The van der Waals surface area contributed by atoms with Gasteiger partial charge in [-0.05, 0) is 42.5 Å². The average Bonchev–Trinajstić information content (AvgIpc) is 3.27. The van der Waals surface area contributed by atoms with Gasteiger partial charge in [0, 0.05) is 23.3 Å². The number of methoxy groups -OCH3 is 2. The molecule has 3 rings (SSSR count). The van der Waals surface area contributed by atoms with E-state index in [4.69, 9.17) is 18.6 Å². The third-order valence-corrected chi connectivity index (χ3v) is 4.21. The lowest BCUT2D eigenvalue weighted by Gasteiger charge is -2.09. The molecule has 9 heteroatoms. The van der Waals surface area contributed by atoms with Crippen LogP contribution in [0.25, 0.3) is 11.3 Å². The first kappa shape index (κ1) is 20.6. The highest BCUT2D eigenvalue weighted by Gasteiger charge is 2.17. The molecule has 2 aromatic carbocycles. The van der Waals surface area contributed by atoms with E-state index < -0.39 is 23.3 Å². The van der Waals surface area contributed by atoms with E-state index in [1.165, 1.54) is 62.8 Å². The zero-order chi connectivity index (χ0) is 21.7. The second-order valence-electron chi connectivity index (χ2n) is 6.04. The molecule has 0 aliphatic rings. The molecule has 1 heterocycles. The molecule has 30 heavy (non-hydrogen) atoms. The van der Waals surface area contributed by atoms with Crippen molar-refractivity contribution < 1.29 is 33.1 Å². The predicted octanol–water partition coefficient (Wildman–Crippen LogP) is 3.91. The maximum atomic E-state index is 12.3. The number of Topliss-reactive ketones (excluding diaryl/α,β-unsaturated/α-hetero) is 1. The normalized spacial score (nSPS) is 10.3. The summed E-state index contributed by atoms with van der Waals surface area (Å²) in [5.41, 5.74) is 0.797. The monoisotopic (exact) mass is 411 g/mol. The maximum absolute atomic E-state index is 12.3. The Hall–Kier alpha value is -4.14. The number of ketones is 1. The Morgan fingerprint density at radius 3 is 2.30 bits per heavy atom. The molecule has 0 saturated carbocycles. The highest BCUT2D eigenvalue weighted by Crippen LogP contribution is 2.28. The number of non-ortho nitro benzene ring substituents is 1. The van der Waals surface area contributed by atoms with Gasteiger partial charge in [-0.25, -0.2) is 4.79 Å². The van der Waals surface area contributed by atoms with Crippen LogP contribution in [-0.4, -0.2) is 37.5 Å². The van der Waals surface area contributed by atoms with Crippen LogP contribution in [0.15, 0.2) is 59.0 Å². The number of nitro benzene ring substituents is 1. The summed E-state index contributed by atoms with van der Waals surface area (Å²) in [4.78, 5) is 34.7. The van der Waals surface area contributed by atoms with Crippen LogP contribution in [0.2, 0.25) is 0 Å². The van der Waals surface area contributed by atoms with Gasteiger partial charge in [0.25, 0.3) is 5.69 Å². The Labute approximate surface area is 170 Å². The van der Waals surface area contributed by atoms with Gasteiger partial charge in [0.2, 0.25) is 5.76 Å². The summed E-state index contributed by atoms with van der Waals surface area (Å²) in [5.74, 6) is -0.135.